The Morgan fingerprint density at radius 3 is 2.69 bits per heavy atom. The van der Waals surface area contributed by atoms with Crippen molar-refractivity contribution in [3.63, 3.8) is 0 Å². The molecule has 0 radical (unpaired) electrons. The Labute approximate surface area is 169 Å². The Bertz CT molecular complexity index is 820. The van der Waals surface area contributed by atoms with Gasteiger partial charge in [0.05, 0.1) is 13.1 Å². The molecule has 29 heavy (non-hydrogen) atoms. The second-order valence-corrected chi connectivity index (χ2v) is 7.61. The van der Waals surface area contributed by atoms with Crippen LogP contribution in [0.3, 0.4) is 0 Å². The first-order valence-electron chi connectivity index (χ1n) is 9.93. The van der Waals surface area contributed by atoms with Crippen molar-refractivity contribution in [1.82, 2.24) is 24.6 Å². The molecule has 2 aromatic rings. The molecule has 2 fully saturated rings. The molecule has 4 rings (SSSR count). The van der Waals surface area contributed by atoms with E-state index in [4.69, 9.17) is 9.47 Å². The number of rotatable bonds is 6. The minimum Gasteiger partial charge on any atom is -0.491 e. The van der Waals surface area contributed by atoms with Crippen LogP contribution in [0.4, 0.5) is 4.39 Å². The third-order valence-corrected chi connectivity index (χ3v) is 5.58. The molecule has 1 atom stereocenters. The molecule has 1 aromatic heterocycles. The van der Waals surface area contributed by atoms with E-state index in [0.717, 1.165) is 38.3 Å². The van der Waals surface area contributed by atoms with Crippen molar-refractivity contribution in [2.75, 3.05) is 32.8 Å². The molecular formula is C20H26FN5O3. The number of hydrogen-bond donors (Lipinski definition) is 0. The second-order valence-electron chi connectivity index (χ2n) is 7.61. The van der Waals surface area contributed by atoms with Gasteiger partial charge in [-0.25, -0.2) is 4.39 Å². The molecule has 2 aliphatic rings. The van der Waals surface area contributed by atoms with E-state index >= 15 is 0 Å². The number of ether oxygens (including phenoxy) is 2. The number of benzene rings is 1. The molecule has 8 nitrogen and oxygen atoms in total. The van der Waals surface area contributed by atoms with Gasteiger partial charge in [-0.1, -0.05) is 0 Å². The number of hydrogen-bond acceptors (Lipinski definition) is 6. The summed E-state index contributed by atoms with van der Waals surface area (Å²) in [6.45, 7) is 3.54. The molecule has 2 aliphatic heterocycles. The molecule has 0 saturated carbocycles. The van der Waals surface area contributed by atoms with Crippen LogP contribution in [0.5, 0.6) is 5.75 Å². The summed E-state index contributed by atoms with van der Waals surface area (Å²) < 4.78 is 26.3. The summed E-state index contributed by atoms with van der Waals surface area (Å²) in [5.41, 5.74) is 0. The number of morpholine rings is 1. The molecule has 0 spiro atoms. The summed E-state index contributed by atoms with van der Waals surface area (Å²) in [6, 6.07) is 6.13. The molecular weight excluding hydrogens is 377 g/mol. The fraction of sp³-hybridized carbons (Fsp3) is 0.550. The van der Waals surface area contributed by atoms with E-state index in [1.165, 1.54) is 12.1 Å². The Kier molecular flexibility index (Phi) is 6.05. The number of carbonyl (C=O) groups is 1. The van der Waals surface area contributed by atoms with E-state index in [0.29, 0.717) is 18.9 Å². The summed E-state index contributed by atoms with van der Waals surface area (Å²) >= 11 is 0. The lowest BCUT2D eigenvalue weighted by molar-refractivity contribution is -0.155. The van der Waals surface area contributed by atoms with Crippen LogP contribution in [0.25, 0.3) is 0 Å². The summed E-state index contributed by atoms with van der Waals surface area (Å²) in [7, 11) is 1.95. The highest BCUT2D eigenvalue weighted by Gasteiger charge is 2.34. The molecule has 9 heteroatoms. The fourth-order valence-corrected chi connectivity index (χ4v) is 3.86. The number of amides is 1. The third-order valence-electron chi connectivity index (χ3n) is 5.58. The summed E-state index contributed by atoms with van der Waals surface area (Å²) in [6.07, 6.45) is 3.38. The van der Waals surface area contributed by atoms with Crippen LogP contribution < -0.4 is 4.74 Å². The average Bonchev–Trinajstić information content (AvgIpc) is 3.14. The van der Waals surface area contributed by atoms with Crippen molar-refractivity contribution < 1.29 is 18.7 Å². The molecule has 1 aromatic carbocycles. The van der Waals surface area contributed by atoms with Gasteiger partial charge in [-0.05, 0) is 37.1 Å². The van der Waals surface area contributed by atoms with E-state index in [-0.39, 0.29) is 30.5 Å². The minimum absolute atomic E-state index is 0.0368. The van der Waals surface area contributed by atoms with Crippen molar-refractivity contribution in [3.8, 4) is 5.75 Å². The van der Waals surface area contributed by atoms with Gasteiger partial charge in [0.25, 0.3) is 0 Å². The van der Waals surface area contributed by atoms with Crippen LogP contribution in [0.15, 0.2) is 30.6 Å². The molecule has 1 amide bonds. The number of aryl methyl sites for hydroxylation is 1. The van der Waals surface area contributed by atoms with Crippen LogP contribution in [-0.2, 0) is 23.1 Å². The monoisotopic (exact) mass is 403 g/mol. The zero-order chi connectivity index (χ0) is 20.2. The highest BCUT2D eigenvalue weighted by Crippen LogP contribution is 2.22. The van der Waals surface area contributed by atoms with E-state index in [9.17, 15) is 9.18 Å². The number of aromatic nitrogens is 3. The van der Waals surface area contributed by atoms with Crippen molar-refractivity contribution in [2.45, 2.75) is 31.5 Å². The van der Waals surface area contributed by atoms with E-state index in [2.05, 4.69) is 15.1 Å². The van der Waals surface area contributed by atoms with Crippen molar-refractivity contribution in [3.05, 3.63) is 42.2 Å². The molecule has 0 unspecified atom stereocenters. The highest BCUT2D eigenvalue weighted by molar-refractivity contribution is 5.78. The summed E-state index contributed by atoms with van der Waals surface area (Å²) in [5.74, 6) is 1.28. The number of carbonyl (C=O) groups excluding carboxylic acids is 1. The van der Waals surface area contributed by atoms with Crippen LogP contribution in [0, 0.1) is 5.82 Å². The van der Waals surface area contributed by atoms with Gasteiger partial charge in [0.15, 0.2) is 0 Å². The molecule has 2 saturated heterocycles. The number of halogens is 1. The Morgan fingerprint density at radius 2 is 2.00 bits per heavy atom. The standard InChI is InChI=1S/C20H26FN5O3/c1-24-14-22-23-19(24)11-25-8-6-16(7-9-25)26-10-18(29-13-20(26)27)12-28-17-4-2-15(21)3-5-17/h2-5,14,16,18H,6-13H2,1H3/t18-/m0/s1. The molecule has 0 aliphatic carbocycles. The topological polar surface area (TPSA) is 72.7 Å². The first-order chi connectivity index (χ1) is 14.1. The van der Waals surface area contributed by atoms with Crippen molar-refractivity contribution in [2.24, 2.45) is 7.05 Å². The molecule has 0 bridgehead atoms. The molecule has 3 heterocycles. The Balaban J connectivity index is 1.27. The fourth-order valence-electron chi connectivity index (χ4n) is 3.86. The highest BCUT2D eigenvalue weighted by atomic mass is 19.1. The lowest BCUT2D eigenvalue weighted by Crippen LogP contribution is -2.55. The molecule has 156 valence electrons. The van der Waals surface area contributed by atoms with Gasteiger partial charge in [-0.15, -0.1) is 10.2 Å². The number of nitrogens with zero attached hydrogens (tertiary/aromatic N) is 5. The normalized spacial score (nSPS) is 21.5. The van der Waals surface area contributed by atoms with Crippen LogP contribution >= 0.6 is 0 Å². The smallest absolute Gasteiger partial charge is 0.248 e. The zero-order valence-corrected chi connectivity index (χ0v) is 16.5. The minimum atomic E-state index is -0.298. The lowest BCUT2D eigenvalue weighted by atomic mass is 10.0. The van der Waals surface area contributed by atoms with Gasteiger partial charge < -0.3 is 18.9 Å². The quantitative estimate of drug-likeness (QED) is 0.722. The average molecular weight is 403 g/mol. The van der Waals surface area contributed by atoms with Gasteiger partial charge in [-0.2, -0.15) is 0 Å². The SMILES string of the molecule is Cn1cnnc1CN1CCC(N2C[C@@H](COc3ccc(F)cc3)OCC2=O)CC1. The predicted octanol–water partition coefficient (Wildman–Crippen LogP) is 1.22. The first kappa shape index (κ1) is 19.8. The van der Waals surface area contributed by atoms with Crippen LogP contribution in [-0.4, -0.2) is 75.5 Å². The van der Waals surface area contributed by atoms with Gasteiger partial charge in [0, 0.05) is 26.2 Å². The first-order valence-corrected chi connectivity index (χ1v) is 9.93. The number of likely N-dealkylation sites (tertiary alicyclic amines) is 1. The van der Waals surface area contributed by atoms with Crippen LogP contribution in [0.2, 0.25) is 0 Å². The number of piperidine rings is 1. The zero-order valence-electron chi connectivity index (χ0n) is 16.5. The van der Waals surface area contributed by atoms with E-state index in [1.54, 1.807) is 18.5 Å². The third kappa shape index (κ3) is 4.91. The van der Waals surface area contributed by atoms with E-state index in [1.807, 2.05) is 16.5 Å². The summed E-state index contributed by atoms with van der Waals surface area (Å²) in [5, 5.41) is 8.07. The largest absolute Gasteiger partial charge is 0.491 e. The van der Waals surface area contributed by atoms with Crippen molar-refractivity contribution in [1.29, 1.82) is 0 Å². The maximum atomic E-state index is 13.0. The van der Waals surface area contributed by atoms with Crippen LogP contribution in [0.1, 0.15) is 18.7 Å². The lowest BCUT2D eigenvalue weighted by Gasteiger charge is -2.42. The Hall–Kier alpha value is -2.52. The van der Waals surface area contributed by atoms with Gasteiger partial charge in [-0.3, -0.25) is 9.69 Å². The second kappa shape index (κ2) is 8.87. The predicted molar refractivity (Wildman–Crippen MR) is 103 cm³/mol. The summed E-state index contributed by atoms with van der Waals surface area (Å²) in [4.78, 5) is 16.7. The van der Waals surface area contributed by atoms with Gasteiger partial charge in [0.2, 0.25) is 5.91 Å². The van der Waals surface area contributed by atoms with Gasteiger partial charge in [0.1, 0.15) is 43.0 Å². The molecule has 0 N–H and O–H groups in total. The Morgan fingerprint density at radius 1 is 1.24 bits per heavy atom. The van der Waals surface area contributed by atoms with Gasteiger partial charge >= 0.3 is 0 Å². The maximum absolute atomic E-state index is 13.0. The van der Waals surface area contributed by atoms with E-state index < -0.39 is 0 Å². The maximum Gasteiger partial charge on any atom is 0.248 e. The van der Waals surface area contributed by atoms with Crippen molar-refractivity contribution >= 4 is 5.91 Å².